The van der Waals surface area contributed by atoms with E-state index >= 15 is 0 Å². The zero-order chi connectivity index (χ0) is 13.2. The van der Waals surface area contributed by atoms with E-state index in [2.05, 4.69) is 49.7 Å². The van der Waals surface area contributed by atoms with Gasteiger partial charge < -0.3 is 5.32 Å². The van der Waals surface area contributed by atoms with E-state index in [1.165, 1.54) is 0 Å². The third kappa shape index (κ3) is 4.46. The molecule has 0 heterocycles. The van der Waals surface area contributed by atoms with Crippen LogP contribution >= 0.6 is 0 Å². The standard InChI is InChI=1S/C17H21N/c1-4-10-15(5-2)16(6-3)13-14-18-17-11-8-7-9-12-17/h5-13,18H,2-4,14H2,1H3/b15-10-,16-13-. The average molecular weight is 239 g/mol. The van der Waals surface area contributed by atoms with Crippen LogP contribution in [0.25, 0.3) is 0 Å². The van der Waals surface area contributed by atoms with E-state index in [-0.39, 0.29) is 0 Å². The minimum atomic E-state index is 0.778. The molecular weight excluding hydrogens is 218 g/mol. The fraction of sp³-hybridized carbons (Fsp3) is 0.176. The Balaban J connectivity index is 2.66. The molecule has 0 aliphatic heterocycles. The quantitative estimate of drug-likeness (QED) is 0.678. The van der Waals surface area contributed by atoms with Crippen molar-refractivity contribution in [3.05, 3.63) is 78.9 Å². The van der Waals surface area contributed by atoms with Crippen LogP contribution in [0.4, 0.5) is 5.69 Å². The summed E-state index contributed by atoms with van der Waals surface area (Å²) in [5, 5.41) is 3.34. The van der Waals surface area contributed by atoms with Crippen molar-refractivity contribution in [2.75, 3.05) is 11.9 Å². The van der Waals surface area contributed by atoms with Gasteiger partial charge >= 0.3 is 0 Å². The molecule has 0 saturated carbocycles. The third-order valence-corrected chi connectivity index (χ3v) is 2.60. The summed E-state index contributed by atoms with van der Waals surface area (Å²) in [6, 6.07) is 10.2. The first-order chi connectivity index (χ1) is 8.81. The fourth-order valence-electron chi connectivity index (χ4n) is 1.69. The Morgan fingerprint density at radius 1 is 1.06 bits per heavy atom. The highest BCUT2D eigenvalue weighted by molar-refractivity contribution is 5.47. The molecule has 0 aromatic heterocycles. The highest BCUT2D eigenvalue weighted by Gasteiger charge is 1.96. The molecule has 1 aromatic carbocycles. The number of anilines is 1. The highest BCUT2D eigenvalue weighted by atomic mass is 14.8. The Morgan fingerprint density at radius 3 is 2.22 bits per heavy atom. The molecule has 18 heavy (non-hydrogen) atoms. The van der Waals surface area contributed by atoms with Crippen LogP contribution in [-0.2, 0) is 0 Å². The average Bonchev–Trinajstić information content (AvgIpc) is 2.43. The Kier molecular flexibility index (Phi) is 6.34. The van der Waals surface area contributed by atoms with Crippen LogP contribution in [0.15, 0.2) is 78.9 Å². The molecule has 1 aromatic rings. The first-order valence-electron chi connectivity index (χ1n) is 6.26. The minimum Gasteiger partial charge on any atom is -0.382 e. The number of hydrogen-bond acceptors (Lipinski definition) is 1. The molecule has 0 atom stereocenters. The lowest BCUT2D eigenvalue weighted by atomic mass is 10.0. The second-order valence-corrected chi connectivity index (χ2v) is 3.88. The summed E-state index contributed by atoms with van der Waals surface area (Å²) in [5.74, 6) is 0. The Hall–Kier alpha value is -2.02. The molecule has 0 saturated heterocycles. The second-order valence-electron chi connectivity index (χ2n) is 3.88. The van der Waals surface area contributed by atoms with Gasteiger partial charge in [0.1, 0.15) is 0 Å². The lowest BCUT2D eigenvalue weighted by molar-refractivity contribution is 1.20. The summed E-state index contributed by atoms with van der Waals surface area (Å²) in [5.41, 5.74) is 3.38. The van der Waals surface area contributed by atoms with E-state index in [1.807, 2.05) is 30.4 Å². The largest absolute Gasteiger partial charge is 0.382 e. The van der Waals surface area contributed by atoms with E-state index < -0.39 is 0 Å². The molecule has 94 valence electrons. The smallest absolute Gasteiger partial charge is 0.0342 e. The van der Waals surface area contributed by atoms with E-state index in [9.17, 15) is 0 Å². The first-order valence-corrected chi connectivity index (χ1v) is 6.26. The SMILES string of the molecule is C=CC(=C/CC)/C(C=C)=C\CNc1ccccc1. The molecule has 0 spiro atoms. The van der Waals surface area contributed by atoms with Crippen molar-refractivity contribution in [3.63, 3.8) is 0 Å². The number of para-hydroxylation sites is 1. The number of benzene rings is 1. The maximum Gasteiger partial charge on any atom is 0.0342 e. The predicted octanol–water partition coefficient (Wildman–Crippen LogP) is 4.73. The van der Waals surface area contributed by atoms with Crippen LogP contribution in [0, 0.1) is 0 Å². The van der Waals surface area contributed by atoms with Crippen molar-refractivity contribution < 1.29 is 0 Å². The molecule has 0 fully saturated rings. The Labute approximate surface area is 110 Å². The third-order valence-electron chi connectivity index (χ3n) is 2.60. The summed E-state index contributed by atoms with van der Waals surface area (Å²) in [6.07, 6.45) is 9.03. The normalized spacial score (nSPS) is 12.1. The molecule has 0 radical (unpaired) electrons. The van der Waals surface area contributed by atoms with Gasteiger partial charge in [0, 0.05) is 12.2 Å². The molecular formula is C17H21N. The van der Waals surface area contributed by atoms with Crippen LogP contribution in [0.1, 0.15) is 13.3 Å². The number of allylic oxidation sites excluding steroid dienone is 5. The summed E-state index contributed by atoms with van der Waals surface area (Å²) >= 11 is 0. The van der Waals surface area contributed by atoms with E-state index in [0.717, 1.165) is 29.8 Å². The van der Waals surface area contributed by atoms with E-state index in [0.29, 0.717) is 0 Å². The van der Waals surface area contributed by atoms with Gasteiger partial charge in [-0.25, -0.2) is 0 Å². The topological polar surface area (TPSA) is 12.0 Å². The first kappa shape index (κ1) is 14.0. The van der Waals surface area contributed by atoms with Gasteiger partial charge in [0.05, 0.1) is 0 Å². The number of hydrogen-bond donors (Lipinski definition) is 1. The molecule has 1 heteroatoms. The van der Waals surface area contributed by atoms with Crippen molar-refractivity contribution in [3.8, 4) is 0 Å². The van der Waals surface area contributed by atoms with Crippen molar-refractivity contribution in [1.29, 1.82) is 0 Å². The van der Waals surface area contributed by atoms with Crippen molar-refractivity contribution in [2.24, 2.45) is 0 Å². The van der Waals surface area contributed by atoms with Gasteiger partial charge in [-0.2, -0.15) is 0 Å². The highest BCUT2D eigenvalue weighted by Crippen LogP contribution is 2.13. The van der Waals surface area contributed by atoms with Gasteiger partial charge in [-0.3, -0.25) is 0 Å². The van der Waals surface area contributed by atoms with Crippen LogP contribution in [0.5, 0.6) is 0 Å². The Bertz CT molecular complexity index is 438. The lowest BCUT2D eigenvalue weighted by Gasteiger charge is -2.06. The van der Waals surface area contributed by atoms with Gasteiger partial charge in [0.2, 0.25) is 0 Å². The molecule has 1 nitrogen and oxygen atoms in total. The van der Waals surface area contributed by atoms with Crippen LogP contribution in [0.2, 0.25) is 0 Å². The van der Waals surface area contributed by atoms with Crippen LogP contribution in [0.3, 0.4) is 0 Å². The summed E-state index contributed by atoms with van der Waals surface area (Å²) < 4.78 is 0. The molecule has 0 bridgehead atoms. The Morgan fingerprint density at radius 2 is 1.67 bits per heavy atom. The van der Waals surface area contributed by atoms with E-state index in [1.54, 1.807) is 0 Å². The molecule has 0 unspecified atom stereocenters. The number of rotatable bonds is 7. The van der Waals surface area contributed by atoms with Gasteiger partial charge in [0.15, 0.2) is 0 Å². The summed E-state index contributed by atoms with van der Waals surface area (Å²) in [4.78, 5) is 0. The monoisotopic (exact) mass is 239 g/mol. The maximum absolute atomic E-state index is 3.85. The maximum atomic E-state index is 3.85. The summed E-state index contributed by atoms with van der Waals surface area (Å²) in [7, 11) is 0. The second kappa shape index (κ2) is 8.13. The molecule has 0 aliphatic carbocycles. The fourth-order valence-corrected chi connectivity index (χ4v) is 1.69. The van der Waals surface area contributed by atoms with Gasteiger partial charge in [-0.1, -0.05) is 62.6 Å². The van der Waals surface area contributed by atoms with Crippen LogP contribution < -0.4 is 5.32 Å². The minimum absolute atomic E-state index is 0.778. The predicted molar refractivity (Wildman–Crippen MR) is 81.8 cm³/mol. The van der Waals surface area contributed by atoms with Gasteiger partial charge in [0.25, 0.3) is 0 Å². The molecule has 0 amide bonds. The molecule has 1 N–H and O–H groups in total. The summed E-state index contributed by atoms with van der Waals surface area (Å²) in [6.45, 7) is 10.6. The van der Waals surface area contributed by atoms with Gasteiger partial charge in [-0.15, -0.1) is 0 Å². The van der Waals surface area contributed by atoms with Crippen molar-refractivity contribution >= 4 is 5.69 Å². The molecule has 0 aliphatic rings. The zero-order valence-corrected chi connectivity index (χ0v) is 11.0. The van der Waals surface area contributed by atoms with Crippen molar-refractivity contribution in [2.45, 2.75) is 13.3 Å². The van der Waals surface area contributed by atoms with Gasteiger partial charge in [-0.05, 0) is 29.7 Å². The van der Waals surface area contributed by atoms with E-state index in [4.69, 9.17) is 0 Å². The zero-order valence-electron chi connectivity index (χ0n) is 11.0. The molecule has 1 rings (SSSR count). The lowest BCUT2D eigenvalue weighted by Crippen LogP contribution is -1.99. The van der Waals surface area contributed by atoms with Crippen molar-refractivity contribution in [1.82, 2.24) is 0 Å². The van der Waals surface area contributed by atoms with Crippen LogP contribution in [-0.4, -0.2) is 6.54 Å². The number of nitrogens with one attached hydrogen (secondary N) is 1.